The summed E-state index contributed by atoms with van der Waals surface area (Å²) in [5.41, 5.74) is 1.12. The largest absolute Gasteiger partial charge is 0.488 e. The van der Waals surface area contributed by atoms with Crippen molar-refractivity contribution in [2.45, 2.75) is 12.8 Å². The molecule has 1 amide bonds. The Kier molecular flexibility index (Phi) is 5.94. The zero-order valence-electron chi connectivity index (χ0n) is 16.7. The molecule has 1 aliphatic rings. The fourth-order valence-corrected chi connectivity index (χ4v) is 3.84. The number of ether oxygens (including phenoxy) is 1. The van der Waals surface area contributed by atoms with Crippen molar-refractivity contribution in [3.05, 3.63) is 97.5 Å². The monoisotopic (exact) mass is 518 g/mol. The van der Waals surface area contributed by atoms with Gasteiger partial charge < -0.3 is 10.1 Å². The Bertz CT molecular complexity index is 1310. The Morgan fingerprint density at radius 1 is 1.09 bits per heavy atom. The molecule has 1 N–H and O–H groups in total. The minimum absolute atomic E-state index is 0.0328. The first-order chi connectivity index (χ1) is 15.6. The highest BCUT2D eigenvalue weighted by Gasteiger charge is 2.33. The summed E-state index contributed by atoms with van der Waals surface area (Å²) in [4.78, 5) is 22.8. The van der Waals surface area contributed by atoms with Gasteiger partial charge in [-0.25, -0.2) is 0 Å². The fourth-order valence-electron chi connectivity index (χ4n) is 3.33. The number of carbonyl (C=O) groups is 1. The van der Waals surface area contributed by atoms with Crippen molar-refractivity contribution < 1.29 is 27.6 Å². The summed E-state index contributed by atoms with van der Waals surface area (Å²) in [5, 5.41) is 13.4. The lowest BCUT2D eigenvalue weighted by Crippen LogP contribution is -2.06. The smallest absolute Gasteiger partial charge is 0.416 e. The van der Waals surface area contributed by atoms with Crippen LogP contribution < -0.4 is 10.1 Å². The van der Waals surface area contributed by atoms with Crippen LogP contribution in [0, 0.1) is 10.1 Å². The number of nitrogens with one attached hydrogen (secondary N) is 1. The summed E-state index contributed by atoms with van der Waals surface area (Å²) >= 11 is 3.40. The van der Waals surface area contributed by atoms with Gasteiger partial charge in [0.25, 0.3) is 11.6 Å². The van der Waals surface area contributed by atoms with Crippen LogP contribution in [0.25, 0.3) is 11.6 Å². The van der Waals surface area contributed by atoms with Gasteiger partial charge in [-0.3, -0.25) is 14.9 Å². The first-order valence-corrected chi connectivity index (χ1v) is 10.3. The molecule has 168 valence electrons. The predicted octanol–water partition coefficient (Wildman–Crippen LogP) is 6.45. The minimum Gasteiger partial charge on any atom is -0.488 e. The molecule has 0 atom stereocenters. The number of nitrogens with zero attached hydrogens (tertiary/aromatic N) is 1. The van der Waals surface area contributed by atoms with Crippen molar-refractivity contribution in [2.75, 3.05) is 5.32 Å². The number of anilines is 1. The number of amides is 1. The molecule has 0 aliphatic carbocycles. The van der Waals surface area contributed by atoms with Crippen LogP contribution in [0.3, 0.4) is 0 Å². The van der Waals surface area contributed by atoms with Crippen molar-refractivity contribution >= 4 is 44.9 Å². The third kappa shape index (κ3) is 4.90. The SMILES string of the molecule is O=C1Nc2cc(C(F)(F)F)ccc2/C1=C/c1ccc(OCc2cccc([N+](=O)[O-])c2)c(Br)c1. The van der Waals surface area contributed by atoms with E-state index in [1.165, 1.54) is 18.2 Å². The summed E-state index contributed by atoms with van der Waals surface area (Å²) in [6, 6.07) is 14.3. The molecular formula is C23H14BrF3N2O4. The fraction of sp³-hybridized carbons (Fsp3) is 0.0870. The van der Waals surface area contributed by atoms with Crippen LogP contribution in [0.2, 0.25) is 0 Å². The summed E-state index contributed by atoms with van der Waals surface area (Å²) in [6.07, 6.45) is -2.93. The number of fused-ring (bicyclic) bond motifs is 1. The first kappa shape index (κ1) is 22.5. The average Bonchev–Trinajstić information content (AvgIpc) is 3.07. The van der Waals surface area contributed by atoms with Crippen molar-refractivity contribution in [1.29, 1.82) is 0 Å². The van der Waals surface area contributed by atoms with Gasteiger partial charge in [0, 0.05) is 29.0 Å². The molecule has 0 fully saturated rings. The van der Waals surface area contributed by atoms with Crippen molar-refractivity contribution in [3.8, 4) is 5.75 Å². The number of nitro groups is 1. The van der Waals surface area contributed by atoms with Crippen LogP contribution in [0.1, 0.15) is 22.3 Å². The lowest BCUT2D eigenvalue weighted by atomic mass is 10.0. The Balaban J connectivity index is 1.54. The topological polar surface area (TPSA) is 81.5 Å². The van der Waals surface area contributed by atoms with Gasteiger partial charge in [0.1, 0.15) is 12.4 Å². The zero-order chi connectivity index (χ0) is 23.8. The van der Waals surface area contributed by atoms with Crippen LogP contribution in [0.4, 0.5) is 24.5 Å². The van der Waals surface area contributed by atoms with Gasteiger partial charge in [-0.2, -0.15) is 13.2 Å². The molecule has 0 saturated carbocycles. The molecule has 0 spiro atoms. The number of hydrogen-bond donors (Lipinski definition) is 1. The number of alkyl halides is 3. The van der Waals surface area contributed by atoms with E-state index in [0.29, 0.717) is 26.9 Å². The van der Waals surface area contributed by atoms with Gasteiger partial charge in [-0.15, -0.1) is 0 Å². The maximum Gasteiger partial charge on any atom is 0.416 e. The summed E-state index contributed by atoms with van der Waals surface area (Å²) in [5.74, 6) is -0.0128. The third-order valence-electron chi connectivity index (χ3n) is 4.91. The Morgan fingerprint density at radius 3 is 2.58 bits per heavy atom. The molecule has 6 nitrogen and oxygen atoms in total. The van der Waals surface area contributed by atoms with E-state index >= 15 is 0 Å². The van der Waals surface area contributed by atoms with Crippen LogP contribution in [-0.4, -0.2) is 10.8 Å². The summed E-state index contributed by atoms with van der Waals surface area (Å²) in [7, 11) is 0. The molecule has 4 rings (SSSR count). The molecular weight excluding hydrogens is 505 g/mol. The lowest BCUT2D eigenvalue weighted by molar-refractivity contribution is -0.384. The molecule has 0 aromatic heterocycles. The molecule has 0 unspecified atom stereocenters. The number of non-ortho nitro benzene ring substituents is 1. The van der Waals surface area contributed by atoms with E-state index in [1.54, 1.807) is 36.4 Å². The molecule has 0 bridgehead atoms. The first-order valence-electron chi connectivity index (χ1n) is 9.52. The molecule has 3 aromatic carbocycles. The van der Waals surface area contributed by atoms with Crippen LogP contribution in [0.15, 0.2) is 65.1 Å². The van der Waals surface area contributed by atoms with E-state index in [0.717, 1.165) is 12.1 Å². The highest BCUT2D eigenvalue weighted by Crippen LogP contribution is 2.39. The second-order valence-electron chi connectivity index (χ2n) is 7.18. The van der Waals surface area contributed by atoms with Gasteiger partial charge in [-0.05, 0) is 57.4 Å². The van der Waals surface area contributed by atoms with Crippen LogP contribution >= 0.6 is 15.9 Å². The average molecular weight is 519 g/mol. The molecule has 10 heteroatoms. The number of rotatable bonds is 5. The third-order valence-corrected chi connectivity index (χ3v) is 5.53. The Morgan fingerprint density at radius 2 is 1.88 bits per heavy atom. The van der Waals surface area contributed by atoms with Crippen LogP contribution in [-0.2, 0) is 17.6 Å². The predicted molar refractivity (Wildman–Crippen MR) is 120 cm³/mol. The molecule has 0 radical (unpaired) electrons. The summed E-state index contributed by atoms with van der Waals surface area (Å²) in [6.45, 7) is 0.109. The van der Waals surface area contributed by atoms with Gasteiger partial charge in [-0.1, -0.05) is 24.3 Å². The standard InChI is InChI=1S/C23H14BrF3N2O4/c24-19-10-13(4-7-21(19)33-12-14-2-1-3-16(8-14)29(31)32)9-18-17-6-5-15(23(25,26)27)11-20(17)28-22(18)30/h1-11H,12H2,(H,28,30)/b18-9-. The van der Waals surface area contributed by atoms with Crippen molar-refractivity contribution in [1.82, 2.24) is 0 Å². The van der Waals surface area contributed by atoms with Crippen molar-refractivity contribution in [2.24, 2.45) is 0 Å². The minimum atomic E-state index is -4.50. The van der Waals surface area contributed by atoms with Gasteiger partial charge >= 0.3 is 6.18 Å². The number of halogens is 4. The van der Waals surface area contributed by atoms with Crippen LogP contribution in [0.5, 0.6) is 5.75 Å². The molecule has 1 heterocycles. The number of nitro benzene ring substituents is 1. The van der Waals surface area contributed by atoms with Gasteiger partial charge in [0.2, 0.25) is 0 Å². The zero-order valence-corrected chi connectivity index (χ0v) is 18.2. The second-order valence-corrected chi connectivity index (χ2v) is 8.03. The quantitative estimate of drug-likeness (QED) is 0.239. The summed E-state index contributed by atoms with van der Waals surface area (Å²) < 4.78 is 45.1. The highest BCUT2D eigenvalue weighted by molar-refractivity contribution is 9.10. The maximum atomic E-state index is 12.9. The molecule has 3 aromatic rings. The molecule has 1 aliphatic heterocycles. The van der Waals surface area contributed by atoms with E-state index in [9.17, 15) is 28.1 Å². The van der Waals surface area contributed by atoms with E-state index in [-0.39, 0.29) is 23.6 Å². The number of benzene rings is 3. The molecule has 0 saturated heterocycles. The van der Waals surface area contributed by atoms with E-state index in [2.05, 4.69) is 21.2 Å². The van der Waals surface area contributed by atoms with E-state index in [4.69, 9.17) is 4.74 Å². The Hall–Kier alpha value is -3.66. The van der Waals surface area contributed by atoms with Crippen molar-refractivity contribution in [3.63, 3.8) is 0 Å². The Labute approximate surface area is 194 Å². The number of carbonyl (C=O) groups excluding carboxylic acids is 1. The maximum absolute atomic E-state index is 12.9. The van der Waals surface area contributed by atoms with Gasteiger partial charge in [0.15, 0.2) is 0 Å². The normalized spacial score (nSPS) is 14.2. The molecule has 33 heavy (non-hydrogen) atoms. The lowest BCUT2D eigenvalue weighted by Gasteiger charge is -2.09. The van der Waals surface area contributed by atoms with E-state index < -0.39 is 22.6 Å². The van der Waals surface area contributed by atoms with Gasteiger partial charge in [0.05, 0.1) is 15.0 Å². The second kappa shape index (κ2) is 8.70. The van der Waals surface area contributed by atoms with E-state index in [1.807, 2.05) is 0 Å². The highest BCUT2D eigenvalue weighted by atomic mass is 79.9. The number of hydrogen-bond acceptors (Lipinski definition) is 4.